The van der Waals surface area contributed by atoms with Crippen LogP contribution in [0.4, 0.5) is 0 Å². The van der Waals surface area contributed by atoms with E-state index in [0.717, 1.165) is 19.3 Å². The third-order valence-electron chi connectivity index (χ3n) is 3.72. The summed E-state index contributed by atoms with van der Waals surface area (Å²) in [7, 11) is 1.34. The molecule has 0 aromatic rings. The summed E-state index contributed by atoms with van der Waals surface area (Å²) in [5.41, 5.74) is 5.67. The SMILES string of the molecule is COC(=O)[C@H](NC(=O)C1CCCC1CN)C(C)C. The molecule has 18 heavy (non-hydrogen) atoms. The van der Waals surface area contributed by atoms with E-state index in [1.165, 1.54) is 7.11 Å². The van der Waals surface area contributed by atoms with Crippen LogP contribution in [0.15, 0.2) is 0 Å². The Kier molecular flexibility index (Phi) is 5.59. The Morgan fingerprint density at radius 1 is 1.39 bits per heavy atom. The number of hydrogen-bond acceptors (Lipinski definition) is 4. The summed E-state index contributed by atoms with van der Waals surface area (Å²) in [6, 6.07) is -0.568. The molecule has 1 amide bonds. The molecular formula is C13H24N2O3. The minimum Gasteiger partial charge on any atom is -0.467 e. The molecule has 2 unspecified atom stereocenters. The van der Waals surface area contributed by atoms with Crippen molar-refractivity contribution in [1.29, 1.82) is 0 Å². The highest BCUT2D eigenvalue weighted by Crippen LogP contribution is 2.31. The van der Waals surface area contributed by atoms with Crippen molar-refractivity contribution in [2.75, 3.05) is 13.7 Å². The summed E-state index contributed by atoms with van der Waals surface area (Å²) in [5.74, 6) is -0.247. The largest absolute Gasteiger partial charge is 0.467 e. The first-order chi connectivity index (χ1) is 8.51. The number of carbonyl (C=O) groups excluding carboxylic acids is 2. The molecule has 0 bridgehead atoms. The topological polar surface area (TPSA) is 81.4 Å². The second kappa shape index (κ2) is 6.73. The van der Waals surface area contributed by atoms with Crippen molar-refractivity contribution < 1.29 is 14.3 Å². The first-order valence-corrected chi connectivity index (χ1v) is 6.59. The van der Waals surface area contributed by atoms with Crippen LogP contribution in [-0.2, 0) is 14.3 Å². The van der Waals surface area contributed by atoms with Gasteiger partial charge in [0.2, 0.25) is 5.91 Å². The highest BCUT2D eigenvalue weighted by molar-refractivity contribution is 5.86. The number of rotatable bonds is 5. The number of nitrogens with two attached hydrogens (primary N) is 1. The van der Waals surface area contributed by atoms with Crippen molar-refractivity contribution in [3.63, 3.8) is 0 Å². The van der Waals surface area contributed by atoms with Gasteiger partial charge in [-0.2, -0.15) is 0 Å². The summed E-state index contributed by atoms with van der Waals surface area (Å²) in [6.45, 7) is 4.30. The summed E-state index contributed by atoms with van der Waals surface area (Å²) in [6.07, 6.45) is 2.89. The highest BCUT2D eigenvalue weighted by atomic mass is 16.5. The average molecular weight is 256 g/mol. The second-order valence-electron chi connectivity index (χ2n) is 5.29. The molecule has 0 aromatic carbocycles. The van der Waals surface area contributed by atoms with Gasteiger partial charge in [0.15, 0.2) is 0 Å². The summed E-state index contributed by atoms with van der Waals surface area (Å²) in [5, 5.41) is 2.80. The lowest BCUT2D eigenvalue weighted by atomic mass is 9.94. The Labute approximate surface area is 108 Å². The lowest BCUT2D eigenvalue weighted by molar-refractivity contribution is -0.147. The molecule has 0 aromatic heterocycles. The maximum Gasteiger partial charge on any atom is 0.328 e. The lowest BCUT2D eigenvalue weighted by Crippen LogP contribution is -2.48. The van der Waals surface area contributed by atoms with Crippen LogP contribution in [0.1, 0.15) is 33.1 Å². The molecule has 0 saturated heterocycles. The monoisotopic (exact) mass is 256 g/mol. The molecule has 1 rings (SSSR count). The van der Waals surface area contributed by atoms with Crippen LogP contribution < -0.4 is 11.1 Å². The Bertz CT molecular complexity index is 305. The molecule has 1 saturated carbocycles. The van der Waals surface area contributed by atoms with Crippen molar-refractivity contribution >= 4 is 11.9 Å². The first kappa shape index (κ1) is 15.0. The van der Waals surface area contributed by atoms with E-state index in [4.69, 9.17) is 10.5 Å². The molecule has 0 aliphatic heterocycles. The van der Waals surface area contributed by atoms with Gasteiger partial charge in [0.25, 0.3) is 0 Å². The summed E-state index contributed by atoms with van der Waals surface area (Å²) in [4.78, 5) is 23.8. The number of carbonyl (C=O) groups is 2. The van der Waals surface area contributed by atoms with Gasteiger partial charge in [-0.15, -0.1) is 0 Å². The molecule has 5 heteroatoms. The van der Waals surface area contributed by atoms with Gasteiger partial charge in [0.1, 0.15) is 6.04 Å². The van der Waals surface area contributed by atoms with Gasteiger partial charge in [-0.25, -0.2) is 4.79 Å². The molecule has 0 spiro atoms. The third-order valence-corrected chi connectivity index (χ3v) is 3.72. The standard InChI is InChI=1S/C13H24N2O3/c1-8(2)11(13(17)18-3)15-12(16)10-6-4-5-9(10)7-14/h8-11H,4-7,14H2,1-3H3,(H,15,16)/t9?,10?,11-/m1/s1. The maximum absolute atomic E-state index is 12.2. The molecule has 3 atom stereocenters. The van der Waals surface area contributed by atoms with Crippen molar-refractivity contribution in [1.82, 2.24) is 5.32 Å². The minimum absolute atomic E-state index is 0.0131. The molecule has 104 valence electrons. The number of amides is 1. The van der Waals surface area contributed by atoms with Crippen LogP contribution in [-0.4, -0.2) is 31.6 Å². The van der Waals surface area contributed by atoms with Crippen molar-refractivity contribution in [2.24, 2.45) is 23.5 Å². The highest BCUT2D eigenvalue weighted by Gasteiger charge is 2.34. The van der Waals surface area contributed by atoms with Crippen LogP contribution in [0, 0.1) is 17.8 Å². The van der Waals surface area contributed by atoms with Crippen LogP contribution in [0.5, 0.6) is 0 Å². The van der Waals surface area contributed by atoms with Gasteiger partial charge in [0.05, 0.1) is 7.11 Å². The number of esters is 1. The third kappa shape index (κ3) is 3.45. The van der Waals surface area contributed by atoms with E-state index in [1.54, 1.807) is 0 Å². The Morgan fingerprint density at radius 2 is 2.06 bits per heavy atom. The smallest absolute Gasteiger partial charge is 0.328 e. The van der Waals surface area contributed by atoms with Crippen LogP contribution in [0.3, 0.4) is 0 Å². The predicted molar refractivity (Wildman–Crippen MR) is 68.7 cm³/mol. The maximum atomic E-state index is 12.2. The number of ether oxygens (including phenoxy) is 1. The van der Waals surface area contributed by atoms with Gasteiger partial charge in [-0.3, -0.25) is 4.79 Å². The van der Waals surface area contributed by atoms with Gasteiger partial charge >= 0.3 is 5.97 Å². The quantitative estimate of drug-likeness (QED) is 0.709. The zero-order valence-corrected chi connectivity index (χ0v) is 11.4. The molecule has 0 heterocycles. The lowest BCUT2D eigenvalue weighted by Gasteiger charge is -2.24. The second-order valence-corrected chi connectivity index (χ2v) is 5.29. The first-order valence-electron chi connectivity index (χ1n) is 6.59. The number of nitrogens with one attached hydrogen (secondary N) is 1. The Hall–Kier alpha value is -1.10. The summed E-state index contributed by atoms with van der Waals surface area (Å²) < 4.78 is 4.71. The molecular weight excluding hydrogens is 232 g/mol. The Morgan fingerprint density at radius 3 is 2.56 bits per heavy atom. The van der Waals surface area contributed by atoms with E-state index < -0.39 is 6.04 Å². The Balaban J connectivity index is 2.63. The number of hydrogen-bond donors (Lipinski definition) is 2. The van der Waals surface area contributed by atoms with E-state index in [9.17, 15) is 9.59 Å². The molecule has 5 nitrogen and oxygen atoms in total. The molecule has 1 fully saturated rings. The van der Waals surface area contributed by atoms with Gasteiger partial charge < -0.3 is 15.8 Å². The van der Waals surface area contributed by atoms with Crippen LogP contribution in [0.2, 0.25) is 0 Å². The van der Waals surface area contributed by atoms with E-state index in [1.807, 2.05) is 13.8 Å². The average Bonchev–Trinajstić information content (AvgIpc) is 2.82. The zero-order valence-electron chi connectivity index (χ0n) is 11.4. The minimum atomic E-state index is -0.568. The van der Waals surface area contributed by atoms with Crippen molar-refractivity contribution in [3.05, 3.63) is 0 Å². The van der Waals surface area contributed by atoms with Crippen molar-refractivity contribution in [3.8, 4) is 0 Å². The molecule has 0 radical (unpaired) electrons. The zero-order chi connectivity index (χ0) is 13.7. The molecule has 3 N–H and O–H groups in total. The van der Waals surface area contributed by atoms with Gasteiger partial charge in [-0.05, 0) is 31.2 Å². The van der Waals surface area contributed by atoms with Crippen molar-refractivity contribution in [2.45, 2.75) is 39.2 Å². The fraction of sp³-hybridized carbons (Fsp3) is 0.846. The number of methoxy groups -OCH3 is 1. The van der Waals surface area contributed by atoms with Gasteiger partial charge in [-0.1, -0.05) is 20.3 Å². The fourth-order valence-electron chi connectivity index (χ4n) is 2.55. The van der Waals surface area contributed by atoms with Crippen LogP contribution in [0.25, 0.3) is 0 Å². The molecule has 1 aliphatic carbocycles. The van der Waals surface area contributed by atoms with Gasteiger partial charge in [0, 0.05) is 5.92 Å². The van der Waals surface area contributed by atoms with Crippen LogP contribution >= 0.6 is 0 Å². The normalized spacial score (nSPS) is 24.9. The van der Waals surface area contributed by atoms with E-state index in [2.05, 4.69) is 5.32 Å². The van der Waals surface area contributed by atoms with E-state index in [-0.39, 0.29) is 29.6 Å². The fourth-order valence-corrected chi connectivity index (χ4v) is 2.55. The predicted octanol–water partition coefficient (Wildman–Crippen LogP) is 0.675. The van der Waals surface area contributed by atoms with E-state index in [0.29, 0.717) is 6.54 Å². The molecule has 1 aliphatic rings. The summed E-state index contributed by atoms with van der Waals surface area (Å²) >= 11 is 0. The van der Waals surface area contributed by atoms with E-state index >= 15 is 0 Å².